The second kappa shape index (κ2) is 8.84. The molecule has 0 spiro atoms. The Morgan fingerprint density at radius 1 is 1.11 bits per heavy atom. The lowest BCUT2D eigenvalue weighted by molar-refractivity contribution is -0.123. The highest BCUT2D eigenvalue weighted by Crippen LogP contribution is 2.25. The number of carbonyl (C=O) groups excluding carboxylic acids is 1. The predicted octanol–water partition coefficient (Wildman–Crippen LogP) is 3.70. The van der Waals surface area contributed by atoms with Gasteiger partial charge in [-0.2, -0.15) is 0 Å². The summed E-state index contributed by atoms with van der Waals surface area (Å²) in [4.78, 5) is 12.0. The summed E-state index contributed by atoms with van der Waals surface area (Å²) in [5.41, 5.74) is 2.28. The standard InChI is InChI=1S/C20H25ClN2O4S/c1-20(2,3)15-6-8-16(9-7-15)27-13-19(24)22-12-14-5-10-18(17(21)11-14)23-28(4,25)26/h5-11,23H,12-13H2,1-4H3,(H,22,24). The van der Waals surface area contributed by atoms with E-state index in [0.29, 0.717) is 11.4 Å². The molecule has 2 aromatic carbocycles. The molecule has 0 bridgehead atoms. The Bertz CT molecular complexity index is 936. The van der Waals surface area contributed by atoms with Crippen molar-refractivity contribution in [2.75, 3.05) is 17.6 Å². The van der Waals surface area contributed by atoms with Gasteiger partial charge in [-0.3, -0.25) is 9.52 Å². The third-order valence-electron chi connectivity index (χ3n) is 3.91. The van der Waals surface area contributed by atoms with E-state index in [2.05, 4.69) is 30.8 Å². The van der Waals surface area contributed by atoms with E-state index >= 15 is 0 Å². The van der Waals surface area contributed by atoms with Crippen LogP contribution < -0.4 is 14.8 Å². The van der Waals surface area contributed by atoms with Crippen molar-refractivity contribution in [1.29, 1.82) is 0 Å². The molecule has 28 heavy (non-hydrogen) atoms. The molecule has 0 saturated heterocycles. The van der Waals surface area contributed by atoms with Crippen molar-refractivity contribution in [2.45, 2.75) is 32.7 Å². The van der Waals surface area contributed by atoms with Gasteiger partial charge < -0.3 is 10.1 Å². The summed E-state index contributed by atoms with van der Waals surface area (Å²) < 4.78 is 30.4. The van der Waals surface area contributed by atoms with Crippen LogP contribution in [0.2, 0.25) is 5.02 Å². The van der Waals surface area contributed by atoms with Crippen molar-refractivity contribution < 1.29 is 17.9 Å². The molecule has 2 aromatic rings. The van der Waals surface area contributed by atoms with Crippen molar-refractivity contribution >= 4 is 33.2 Å². The van der Waals surface area contributed by atoms with E-state index < -0.39 is 10.0 Å². The number of rotatable bonds is 7. The van der Waals surface area contributed by atoms with Gasteiger partial charge in [-0.05, 0) is 40.8 Å². The minimum absolute atomic E-state index is 0.0591. The van der Waals surface area contributed by atoms with Crippen molar-refractivity contribution in [3.05, 3.63) is 58.6 Å². The molecule has 2 rings (SSSR count). The lowest BCUT2D eigenvalue weighted by atomic mass is 9.87. The topological polar surface area (TPSA) is 84.5 Å². The zero-order chi connectivity index (χ0) is 20.9. The van der Waals surface area contributed by atoms with Crippen LogP contribution in [0.4, 0.5) is 5.69 Å². The van der Waals surface area contributed by atoms with Gasteiger partial charge in [0.1, 0.15) is 5.75 Å². The number of benzene rings is 2. The van der Waals surface area contributed by atoms with Crippen LogP contribution in [0.5, 0.6) is 5.75 Å². The maximum atomic E-state index is 12.0. The smallest absolute Gasteiger partial charge is 0.258 e. The number of nitrogens with one attached hydrogen (secondary N) is 2. The highest BCUT2D eigenvalue weighted by Gasteiger charge is 2.13. The Kier molecular flexibility index (Phi) is 6.96. The molecule has 8 heteroatoms. The van der Waals surface area contributed by atoms with Gasteiger partial charge in [-0.1, -0.05) is 50.6 Å². The lowest BCUT2D eigenvalue weighted by Gasteiger charge is -2.19. The zero-order valence-electron chi connectivity index (χ0n) is 16.4. The second-order valence-electron chi connectivity index (χ2n) is 7.53. The van der Waals surface area contributed by atoms with E-state index in [-0.39, 0.29) is 29.5 Å². The number of anilines is 1. The van der Waals surface area contributed by atoms with Crippen molar-refractivity contribution in [3.63, 3.8) is 0 Å². The molecule has 0 saturated carbocycles. The first-order valence-electron chi connectivity index (χ1n) is 8.70. The molecule has 0 aliphatic rings. The Balaban J connectivity index is 1.85. The van der Waals surface area contributed by atoms with Crippen LogP contribution in [0.25, 0.3) is 0 Å². The summed E-state index contributed by atoms with van der Waals surface area (Å²) in [6.45, 7) is 6.55. The minimum atomic E-state index is -3.40. The van der Waals surface area contributed by atoms with E-state index in [1.165, 1.54) is 5.56 Å². The quantitative estimate of drug-likeness (QED) is 0.709. The fourth-order valence-electron chi connectivity index (χ4n) is 2.40. The number of hydrogen-bond donors (Lipinski definition) is 2. The van der Waals surface area contributed by atoms with Gasteiger partial charge in [0.25, 0.3) is 5.91 Å². The normalized spacial score (nSPS) is 11.8. The molecule has 1 amide bonds. The lowest BCUT2D eigenvalue weighted by Crippen LogP contribution is -2.28. The number of hydrogen-bond acceptors (Lipinski definition) is 4. The molecule has 0 atom stereocenters. The summed E-state index contributed by atoms with van der Waals surface area (Å²) in [5.74, 6) is 0.358. The fourth-order valence-corrected chi connectivity index (χ4v) is 3.29. The van der Waals surface area contributed by atoms with Crippen molar-refractivity contribution in [3.8, 4) is 5.75 Å². The summed E-state index contributed by atoms with van der Waals surface area (Å²) in [6, 6.07) is 12.5. The molecule has 0 heterocycles. The van der Waals surface area contributed by atoms with Gasteiger partial charge in [-0.25, -0.2) is 8.42 Å². The molecule has 6 nitrogen and oxygen atoms in total. The minimum Gasteiger partial charge on any atom is -0.484 e. The molecule has 0 fully saturated rings. The number of halogens is 1. The zero-order valence-corrected chi connectivity index (χ0v) is 17.9. The Morgan fingerprint density at radius 3 is 2.29 bits per heavy atom. The summed E-state index contributed by atoms with van der Waals surface area (Å²) in [5, 5.41) is 3.00. The first-order chi connectivity index (χ1) is 12.9. The first kappa shape index (κ1) is 22.0. The Morgan fingerprint density at radius 2 is 1.75 bits per heavy atom. The Hall–Kier alpha value is -2.25. The molecule has 0 unspecified atom stereocenters. The molecule has 152 valence electrons. The van der Waals surface area contributed by atoms with Crippen LogP contribution in [0.1, 0.15) is 31.9 Å². The van der Waals surface area contributed by atoms with Crippen LogP contribution in [0.3, 0.4) is 0 Å². The maximum Gasteiger partial charge on any atom is 0.258 e. The van der Waals surface area contributed by atoms with Gasteiger partial charge in [0.15, 0.2) is 6.61 Å². The molecule has 2 N–H and O–H groups in total. The van der Waals surface area contributed by atoms with Gasteiger partial charge in [0, 0.05) is 6.54 Å². The summed E-state index contributed by atoms with van der Waals surface area (Å²) >= 11 is 6.07. The maximum absolute atomic E-state index is 12.0. The number of amides is 1. The molecular formula is C20H25ClN2O4S. The third kappa shape index (κ3) is 7.05. The molecule has 0 aliphatic carbocycles. The summed E-state index contributed by atoms with van der Waals surface area (Å²) in [6.07, 6.45) is 1.05. The van der Waals surface area contributed by atoms with Gasteiger partial charge in [0.2, 0.25) is 10.0 Å². The molecule has 0 aromatic heterocycles. The highest BCUT2D eigenvalue weighted by molar-refractivity contribution is 7.92. The Labute approximate surface area is 171 Å². The largest absolute Gasteiger partial charge is 0.484 e. The third-order valence-corrected chi connectivity index (χ3v) is 4.81. The molecular weight excluding hydrogens is 400 g/mol. The molecule has 0 radical (unpaired) electrons. The van der Waals surface area contributed by atoms with Crippen molar-refractivity contribution in [2.24, 2.45) is 0 Å². The van der Waals surface area contributed by atoms with E-state index in [1.54, 1.807) is 18.2 Å². The van der Waals surface area contributed by atoms with Crippen LogP contribution in [-0.4, -0.2) is 27.2 Å². The van der Waals surface area contributed by atoms with Crippen LogP contribution in [-0.2, 0) is 26.8 Å². The van der Waals surface area contributed by atoms with Gasteiger partial charge in [-0.15, -0.1) is 0 Å². The average molecular weight is 425 g/mol. The number of sulfonamides is 1. The van der Waals surface area contributed by atoms with Crippen LogP contribution >= 0.6 is 11.6 Å². The van der Waals surface area contributed by atoms with Gasteiger partial charge >= 0.3 is 0 Å². The average Bonchev–Trinajstić information content (AvgIpc) is 2.59. The van der Waals surface area contributed by atoms with E-state index in [9.17, 15) is 13.2 Å². The van der Waals surface area contributed by atoms with E-state index in [0.717, 1.165) is 11.8 Å². The summed E-state index contributed by atoms with van der Waals surface area (Å²) in [7, 11) is -3.40. The van der Waals surface area contributed by atoms with E-state index in [1.807, 2.05) is 24.3 Å². The molecule has 0 aliphatic heterocycles. The SMILES string of the molecule is CC(C)(C)c1ccc(OCC(=O)NCc2ccc(NS(C)(=O)=O)c(Cl)c2)cc1. The van der Waals surface area contributed by atoms with Crippen molar-refractivity contribution in [1.82, 2.24) is 5.32 Å². The van der Waals surface area contributed by atoms with Crippen LogP contribution in [0.15, 0.2) is 42.5 Å². The predicted molar refractivity (Wildman–Crippen MR) is 112 cm³/mol. The highest BCUT2D eigenvalue weighted by atomic mass is 35.5. The van der Waals surface area contributed by atoms with E-state index in [4.69, 9.17) is 16.3 Å². The van der Waals surface area contributed by atoms with Crippen LogP contribution in [0, 0.1) is 0 Å². The number of carbonyl (C=O) groups is 1. The second-order valence-corrected chi connectivity index (χ2v) is 9.68. The fraction of sp³-hybridized carbons (Fsp3) is 0.350. The van der Waals surface area contributed by atoms with Gasteiger partial charge in [0.05, 0.1) is 17.0 Å². The monoisotopic (exact) mass is 424 g/mol. The number of ether oxygens (including phenoxy) is 1. The first-order valence-corrected chi connectivity index (χ1v) is 11.0.